The van der Waals surface area contributed by atoms with E-state index < -0.39 is 28.9 Å². The predicted octanol–water partition coefficient (Wildman–Crippen LogP) is 4.00. The summed E-state index contributed by atoms with van der Waals surface area (Å²) in [5.74, 6) is -1.13. The summed E-state index contributed by atoms with van der Waals surface area (Å²) < 4.78 is 35.4. The van der Waals surface area contributed by atoms with E-state index in [4.69, 9.17) is 4.74 Å². The number of carbonyl (C=O) groups is 1. The van der Waals surface area contributed by atoms with Gasteiger partial charge < -0.3 is 29.7 Å². The first-order chi connectivity index (χ1) is 17.0. The highest BCUT2D eigenvalue weighted by Crippen LogP contribution is 2.28. The minimum absolute atomic E-state index is 0.0422. The van der Waals surface area contributed by atoms with Gasteiger partial charge in [-0.1, -0.05) is 18.2 Å². The first kappa shape index (κ1) is 27.1. The van der Waals surface area contributed by atoms with Crippen LogP contribution in [0.25, 0.3) is 0 Å². The van der Waals surface area contributed by atoms with Crippen LogP contribution in [0.5, 0.6) is 5.75 Å². The number of imidazole rings is 1. The maximum absolute atomic E-state index is 14.5. The Morgan fingerprint density at radius 3 is 2.47 bits per heavy atom. The molecule has 3 aromatic rings. The van der Waals surface area contributed by atoms with Crippen LogP contribution in [0.1, 0.15) is 31.9 Å². The summed E-state index contributed by atoms with van der Waals surface area (Å²) in [4.78, 5) is 16.7. The number of ether oxygens (including phenoxy) is 1. The van der Waals surface area contributed by atoms with Gasteiger partial charge >= 0.3 is 6.09 Å². The number of hydrogen-bond acceptors (Lipinski definition) is 5. The molecular weight excluding hydrogens is 470 g/mol. The number of hydrogen-bond donors (Lipinski definition) is 3. The molecule has 0 bridgehead atoms. The number of rotatable bonds is 11. The molecule has 0 spiro atoms. The molecule has 1 heterocycles. The lowest BCUT2D eigenvalue weighted by molar-refractivity contribution is -0.0271. The van der Waals surface area contributed by atoms with Crippen molar-refractivity contribution in [2.45, 2.75) is 45.0 Å². The number of carboxylic acid groups (broad SMARTS) is 1. The van der Waals surface area contributed by atoms with Crippen LogP contribution < -0.4 is 10.1 Å². The average molecular weight is 503 g/mol. The summed E-state index contributed by atoms with van der Waals surface area (Å²) in [5.41, 5.74) is -1.38. The number of benzene rings is 2. The summed E-state index contributed by atoms with van der Waals surface area (Å²) >= 11 is 0. The number of aromatic nitrogens is 2. The molecule has 0 aliphatic carbocycles. The minimum atomic E-state index is -1.78. The number of amides is 1. The van der Waals surface area contributed by atoms with Crippen molar-refractivity contribution < 1.29 is 28.5 Å². The lowest BCUT2D eigenvalue weighted by atomic mass is 9.93. The van der Waals surface area contributed by atoms with E-state index >= 15 is 0 Å². The Balaban J connectivity index is 1.60. The van der Waals surface area contributed by atoms with E-state index in [2.05, 4.69) is 10.3 Å². The molecule has 3 N–H and O–H groups in total. The van der Waals surface area contributed by atoms with E-state index in [1.807, 2.05) is 32.9 Å². The zero-order chi connectivity index (χ0) is 26.3. The van der Waals surface area contributed by atoms with Gasteiger partial charge in [-0.3, -0.25) is 0 Å². The maximum atomic E-state index is 14.5. The highest BCUT2D eigenvalue weighted by atomic mass is 19.1. The molecule has 10 heteroatoms. The first-order valence-electron chi connectivity index (χ1n) is 11.5. The second-order valence-corrected chi connectivity index (χ2v) is 9.61. The van der Waals surface area contributed by atoms with E-state index in [9.17, 15) is 23.8 Å². The molecule has 1 amide bonds. The van der Waals surface area contributed by atoms with Crippen LogP contribution in [-0.4, -0.2) is 56.0 Å². The summed E-state index contributed by atoms with van der Waals surface area (Å²) in [5, 5.41) is 23.9. The van der Waals surface area contributed by atoms with Crippen LogP contribution in [0, 0.1) is 11.6 Å². The molecule has 1 atom stereocenters. The van der Waals surface area contributed by atoms with Crippen molar-refractivity contribution in [3.05, 3.63) is 83.9 Å². The number of aliphatic hydroxyl groups is 1. The normalized spacial score (nSPS) is 13.3. The first-order valence-corrected chi connectivity index (χ1v) is 11.5. The summed E-state index contributed by atoms with van der Waals surface area (Å²) in [6.07, 6.45) is 3.70. The lowest BCUT2D eigenvalue weighted by Gasteiger charge is -2.33. The minimum Gasteiger partial charge on any atom is -0.490 e. The molecule has 1 aromatic heterocycles. The molecule has 36 heavy (non-hydrogen) atoms. The Bertz CT molecular complexity index is 1130. The van der Waals surface area contributed by atoms with Gasteiger partial charge in [0.15, 0.2) is 0 Å². The van der Waals surface area contributed by atoms with E-state index in [1.54, 1.807) is 22.9 Å². The molecule has 0 aliphatic rings. The molecule has 3 rings (SSSR count). The van der Waals surface area contributed by atoms with Crippen molar-refractivity contribution in [2.24, 2.45) is 0 Å². The van der Waals surface area contributed by atoms with Crippen LogP contribution >= 0.6 is 0 Å². The molecule has 0 saturated heterocycles. The smallest absolute Gasteiger partial charge is 0.407 e. The summed E-state index contributed by atoms with van der Waals surface area (Å²) in [7, 11) is 0. The molecule has 0 radical (unpaired) electrons. The second kappa shape index (κ2) is 11.5. The fourth-order valence-electron chi connectivity index (χ4n) is 3.81. The zero-order valence-electron chi connectivity index (χ0n) is 20.6. The van der Waals surface area contributed by atoms with Crippen molar-refractivity contribution >= 4 is 6.09 Å². The molecule has 0 fully saturated rings. The predicted molar refractivity (Wildman–Crippen MR) is 131 cm³/mol. The third-order valence-corrected chi connectivity index (χ3v) is 5.72. The summed E-state index contributed by atoms with van der Waals surface area (Å²) in [6, 6.07) is 10.2. The molecule has 0 aliphatic heterocycles. The Kier molecular flexibility index (Phi) is 8.65. The van der Waals surface area contributed by atoms with Crippen molar-refractivity contribution in [1.29, 1.82) is 0 Å². The van der Waals surface area contributed by atoms with Gasteiger partial charge in [-0.25, -0.2) is 18.6 Å². The highest BCUT2D eigenvalue weighted by Gasteiger charge is 2.34. The fraction of sp³-hybridized carbons (Fsp3) is 0.385. The van der Waals surface area contributed by atoms with Gasteiger partial charge in [-0.05, 0) is 44.5 Å². The Labute approximate surface area is 209 Å². The van der Waals surface area contributed by atoms with E-state index in [-0.39, 0.29) is 18.7 Å². The average Bonchev–Trinajstić information content (AvgIpc) is 3.30. The van der Waals surface area contributed by atoms with Crippen LogP contribution in [-0.2, 0) is 18.7 Å². The second-order valence-electron chi connectivity index (χ2n) is 9.61. The van der Waals surface area contributed by atoms with Gasteiger partial charge in [0, 0.05) is 49.2 Å². The maximum Gasteiger partial charge on any atom is 0.407 e. The molecular formula is C26H32F2N4O4. The monoisotopic (exact) mass is 502 g/mol. The molecule has 8 nitrogen and oxygen atoms in total. The fourth-order valence-corrected chi connectivity index (χ4v) is 3.81. The summed E-state index contributed by atoms with van der Waals surface area (Å²) in [6.45, 7) is 6.61. The number of nitrogens with zero attached hydrogens (tertiary/aromatic N) is 3. The number of nitrogens with one attached hydrogen (secondary N) is 1. The Morgan fingerprint density at radius 2 is 1.89 bits per heavy atom. The SMILES string of the molecule is CC(C)(C)N(CCNCc1ccc(OCC(O)(Cn2ccnc2)c2ccc(F)cc2F)cc1)C(=O)O. The van der Waals surface area contributed by atoms with Gasteiger partial charge in [-0.2, -0.15) is 0 Å². The van der Waals surface area contributed by atoms with E-state index in [0.717, 1.165) is 17.7 Å². The Hall–Kier alpha value is -3.50. The lowest BCUT2D eigenvalue weighted by Crippen LogP contribution is -2.47. The quantitative estimate of drug-likeness (QED) is 0.343. The number of halogens is 2. The van der Waals surface area contributed by atoms with E-state index in [0.29, 0.717) is 25.4 Å². The molecule has 194 valence electrons. The van der Waals surface area contributed by atoms with Gasteiger partial charge in [0.1, 0.15) is 29.6 Å². The van der Waals surface area contributed by atoms with E-state index in [1.165, 1.54) is 23.5 Å². The van der Waals surface area contributed by atoms with Gasteiger partial charge in [0.05, 0.1) is 12.9 Å². The standard InChI is InChI=1S/C26H32F2N4O4/c1-25(2,3)32(24(33)34)13-11-29-15-19-4-7-21(8-5-19)36-17-26(35,16-31-12-10-30-18-31)22-9-6-20(27)14-23(22)28/h4-10,12,14,18,29,35H,11,13,15-17H2,1-3H3,(H,33,34). The third-order valence-electron chi connectivity index (χ3n) is 5.72. The van der Waals surface area contributed by atoms with Gasteiger partial charge in [-0.15, -0.1) is 0 Å². The molecule has 2 aromatic carbocycles. The van der Waals surface area contributed by atoms with Crippen LogP contribution in [0.3, 0.4) is 0 Å². The van der Waals surface area contributed by atoms with Crippen molar-refractivity contribution in [3.8, 4) is 5.75 Å². The molecule has 0 saturated carbocycles. The van der Waals surface area contributed by atoms with Crippen LogP contribution in [0.4, 0.5) is 13.6 Å². The zero-order valence-corrected chi connectivity index (χ0v) is 20.6. The largest absolute Gasteiger partial charge is 0.490 e. The topological polar surface area (TPSA) is 99.9 Å². The highest BCUT2D eigenvalue weighted by molar-refractivity contribution is 5.65. The van der Waals surface area contributed by atoms with Gasteiger partial charge in [0.2, 0.25) is 0 Å². The van der Waals surface area contributed by atoms with Crippen LogP contribution in [0.2, 0.25) is 0 Å². The van der Waals surface area contributed by atoms with Crippen molar-refractivity contribution in [1.82, 2.24) is 19.8 Å². The van der Waals surface area contributed by atoms with Gasteiger partial charge in [0.25, 0.3) is 0 Å². The van der Waals surface area contributed by atoms with Crippen LogP contribution in [0.15, 0.2) is 61.2 Å². The van der Waals surface area contributed by atoms with Crippen molar-refractivity contribution in [2.75, 3.05) is 19.7 Å². The van der Waals surface area contributed by atoms with Crippen molar-refractivity contribution in [3.63, 3.8) is 0 Å². The third kappa shape index (κ3) is 7.25. The molecule has 1 unspecified atom stereocenters. The Morgan fingerprint density at radius 1 is 1.17 bits per heavy atom.